The number of halogens is 1. The fourth-order valence-electron chi connectivity index (χ4n) is 3.56. The van der Waals surface area contributed by atoms with Gasteiger partial charge in [0.1, 0.15) is 5.82 Å². The second-order valence-corrected chi connectivity index (χ2v) is 6.44. The van der Waals surface area contributed by atoms with Crippen LogP contribution < -0.4 is 5.32 Å². The van der Waals surface area contributed by atoms with Crippen molar-refractivity contribution in [2.75, 3.05) is 32.8 Å². The number of amides is 1. The van der Waals surface area contributed by atoms with E-state index in [0.29, 0.717) is 19.8 Å². The van der Waals surface area contributed by atoms with Crippen LogP contribution >= 0.6 is 0 Å². The first-order chi connectivity index (χ1) is 11.2. The number of benzene rings is 1. The Morgan fingerprint density at radius 3 is 2.52 bits per heavy atom. The topological polar surface area (TPSA) is 41.6 Å². The Kier molecular flexibility index (Phi) is 5.62. The van der Waals surface area contributed by atoms with Crippen molar-refractivity contribution >= 4 is 5.91 Å². The lowest BCUT2D eigenvalue weighted by Gasteiger charge is -2.35. The van der Waals surface area contributed by atoms with E-state index in [9.17, 15) is 9.18 Å². The summed E-state index contributed by atoms with van der Waals surface area (Å²) in [4.78, 5) is 14.6. The van der Waals surface area contributed by atoms with Gasteiger partial charge in [0.2, 0.25) is 5.91 Å². The minimum absolute atomic E-state index is 0.0739. The second-order valence-electron chi connectivity index (χ2n) is 6.44. The van der Waals surface area contributed by atoms with Crippen LogP contribution in [-0.4, -0.2) is 43.7 Å². The molecule has 1 aromatic carbocycles. The van der Waals surface area contributed by atoms with E-state index in [1.165, 1.54) is 12.1 Å². The Balaban J connectivity index is 1.66. The molecule has 0 radical (unpaired) electrons. The fourth-order valence-corrected chi connectivity index (χ4v) is 3.56. The van der Waals surface area contributed by atoms with Crippen LogP contribution in [0.15, 0.2) is 24.3 Å². The molecule has 1 aromatic rings. The van der Waals surface area contributed by atoms with E-state index in [4.69, 9.17) is 4.74 Å². The lowest BCUT2D eigenvalue weighted by atomic mass is 10.0. The summed E-state index contributed by atoms with van der Waals surface area (Å²) in [6.07, 6.45) is 4.32. The first-order valence-electron chi connectivity index (χ1n) is 8.59. The van der Waals surface area contributed by atoms with Gasteiger partial charge in [-0.2, -0.15) is 0 Å². The van der Waals surface area contributed by atoms with Gasteiger partial charge in [-0.3, -0.25) is 9.69 Å². The molecule has 1 atom stereocenters. The van der Waals surface area contributed by atoms with Crippen molar-refractivity contribution in [2.45, 2.75) is 31.7 Å². The van der Waals surface area contributed by atoms with E-state index >= 15 is 0 Å². The molecule has 4 nitrogen and oxygen atoms in total. The zero-order valence-corrected chi connectivity index (χ0v) is 13.5. The van der Waals surface area contributed by atoms with Gasteiger partial charge in [-0.05, 0) is 30.5 Å². The quantitative estimate of drug-likeness (QED) is 0.906. The molecule has 1 unspecified atom stereocenters. The summed E-state index contributed by atoms with van der Waals surface area (Å²) in [6.45, 7) is 3.65. The summed E-state index contributed by atoms with van der Waals surface area (Å²) in [7, 11) is 0. The number of carbonyl (C=O) groups excluding carboxylic acids is 1. The molecule has 126 valence electrons. The van der Waals surface area contributed by atoms with Crippen LogP contribution in [0.2, 0.25) is 0 Å². The molecule has 2 fully saturated rings. The molecule has 2 aliphatic rings. The van der Waals surface area contributed by atoms with Crippen molar-refractivity contribution in [3.63, 3.8) is 0 Å². The highest BCUT2D eigenvalue weighted by molar-refractivity contribution is 5.78. The minimum atomic E-state index is -0.232. The number of morpholine rings is 1. The highest BCUT2D eigenvalue weighted by Gasteiger charge is 2.26. The molecule has 0 spiro atoms. The lowest BCUT2D eigenvalue weighted by molar-refractivity contribution is -0.125. The largest absolute Gasteiger partial charge is 0.379 e. The van der Waals surface area contributed by atoms with E-state index in [1.54, 1.807) is 0 Å². The van der Waals surface area contributed by atoms with Crippen LogP contribution in [0, 0.1) is 11.7 Å². The number of ether oxygens (including phenoxy) is 1. The van der Waals surface area contributed by atoms with Gasteiger partial charge in [-0.25, -0.2) is 4.39 Å². The fraction of sp³-hybridized carbons (Fsp3) is 0.611. The third-order valence-electron chi connectivity index (χ3n) is 4.94. The number of nitrogens with zero attached hydrogens (tertiary/aromatic N) is 1. The van der Waals surface area contributed by atoms with Crippen molar-refractivity contribution in [1.29, 1.82) is 0 Å². The van der Waals surface area contributed by atoms with E-state index in [2.05, 4.69) is 10.2 Å². The van der Waals surface area contributed by atoms with Crippen LogP contribution in [0.1, 0.15) is 37.3 Å². The van der Waals surface area contributed by atoms with Crippen molar-refractivity contribution in [2.24, 2.45) is 5.92 Å². The first-order valence-corrected chi connectivity index (χ1v) is 8.59. The molecule has 23 heavy (non-hydrogen) atoms. The molecule has 1 N–H and O–H groups in total. The molecular formula is C18H25FN2O2. The third kappa shape index (κ3) is 4.30. The molecule has 1 saturated carbocycles. The standard InChI is InChI=1S/C18H25FN2O2/c19-16-7-5-14(6-8-16)17(21-9-11-23-12-10-21)13-20-18(22)15-3-1-2-4-15/h5-8,15,17H,1-4,9-13H2,(H,20,22). The number of rotatable bonds is 5. The second kappa shape index (κ2) is 7.88. The van der Waals surface area contributed by atoms with Gasteiger partial charge in [0.25, 0.3) is 0 Å². The number of hydrogen-bond acceptors (Lipinski definition) is 3. The molecule has 1 aliphatic carbocycles. The van der Waals surface area contributed by atoms with Crippen molar-refractivity contribution in [3.8, 4) is 0 Å². The van der Waals surface area contributed by atoms with E-state index < -0.39 is 0 Å². The average molecular weight is 320 g/mol. The molecule has 1 heterocycles. The van der Waals surface area contributed by atoms with Crippen LogP contribution in [0.25, 0.3) is 0 Å². The van der Waals surface area contributed by atoms with Crippen molar-refractivity contribution in [3.05, 3.63) is 35.6 Å². The molecule has 0 aromatic heterocycles. The zero-order chi connectivity index (χ0) is 16.1. The minimum Gasteiger partial charge on any atom is -0.379 e. The first kappa shape index (κ1) is 16.4. The summed E-state index contributed by atoms with van der Waals surface area (Å²) >= 11 is 0. The normalized spacial score (nSPS) is 21.3. The smallest absolute Gasteiger partial charge is 0.223 e. The lowest BCUT2D eigenvalue weighted by Crippen LogP contribution is -2.44. The molecule has 1 amide bonds. The highest BCUT2D eigenvalue weighted by atomic mass is 19.1. The van der Waals surface area contributed by atoms with Crippen molar-refractivity contribution < 1.29 is 13.9 Å². The summed E-state index contributed by atoms with van der Waals surface area (Å²) in [5.74, 6) is 0.112. The van der Waals surface area contributed by atoms with Gasteiger partial charge in [0.05, 0.1) is 19.3 Å². The Labute approximate surface area is 137 Å². The Hall–Kier alpha value is -1.46. The highest BCUT2D eigenvalue weighted by Crippen LogP contribution is 2.26. The number of nitrogens with one attached hydrogen (secondary N) is 1. The maximum Gasteiger partial charge on any atom is 0.223 e. The SMILES string of the molecule is O=C(NCC(c1ccc(F)cc1)N1CCOCC1)C1CCCC1. The van der Waals surface area contributed by atoms with Gasteiger partial charge in [0.15, 0.2) is 0 Å². The van der Waals surface area contributed by atoms with E-state index in [0.717, 1.165) is 44.3 Å². The van der Waals surface area contributed by atoms with Gasteiger partial charge in [-0.1, -0.05) is 25.0 Å². The summed E-state index contributed by atoms with van der Waals surface area (Å²) in [5.41, 5.74) is 1.04. The Morgan fingerprint density at radius 1 is 1.22 bits per heavy atom. The van der Waals surface area contributed by atoms with E-state index in [-0.39, 0.29) is 23.7 Å². The van der Waals surface area contributed by atoms with Crippen LogP contribution in [0.5, 0.6) is 0 Å². The predicted octanol–water partition coefficient (Wildman–Crippen LogP) is 2.51. The molecule has 5 heteroatoms. The maximum atomic E-state index is 13.2. The molecule has 3 rings (SSSR count). The summed E-state index contributed by atoms with van der Waals surface area (Å²) in [6, 6.07) is 6.68. The predicted molar refractivity (Wildman–Crippen MR) is 86.5 cm³/mol. The van der Waals surface area contributed by atoms with Crippen LogP contribution in [0.3, 0.4) is 0 Å². The summed E-state index contributed by atoms with van der Waals surface area (Å²) in [5, 5.41) is 3.12. The van der Waals surface area contributed by atoms with Gasteiger partial charge >= 0.3 is 0 Å². The van der Waals surface area contributed by atoms with Crippen LogP contribution in [0.4, 0.5) is 4.39 Å². The zero-order valence-electron chi connectivity index (χ0n) is 13.5. The van der Waals surface area contributed by atoms with Crippen LogP contribution in [-0.2, 0) is 9.53 Å². The van der Waals surface area contributed by atoms with Gasteiger partial charge < -0.3 is 10.1 Å². The van der Waals surface area contributed by atoms with Gasteiger partial charge in [-0.15, -0.1) is 0 Å². The maximum absolute atomic E-state index is 13.2. The Morgan fingerprint density at radius 2 is 1.87 bits per heavy atom. The Bertz CT molecular complexity index is 508. The molecule has 0 bridgehead atoms. The van der Waals surface area contributed by atoms with Gasteiger partial charge in [0, 0.05) is 25.6 Å². The number of hydrogen-bond donors (Lipinski definition) is 1. The average Bonchev–Trinajstić information content (AvgIpc) is 3.12. The summed E-state index contributed by atoms with van der Waals surface area (Å²) < 4.78 is 18.6. The molecule has 1 saturated heterocycles. The molecule has 1 aliphatic heterocycles. The third-order valence-corrected chi connectivity index (χ3v) is 4.94. The number of carbonyl (C=O) groups is 1. The van der Waals surface area contributed by atoms with E-state index in [1.807, 2.05) is 12.1 Å². The van der Waals surface area contributed by atoms with Crippen molar-refractivity contribution in [1.82, 2.24) is 10.2 Å². The molecular weight excluding hydrogens is 295 g/mol. The monoisotopic (exact) mass is 320 g/mol.